The van der Waals surface area contributed by atoms with E-state index in [0.29, 0.717) is 12.0 Å². The molecule has 1 aromatic rings. The lowest BCUT2D eigenvalue weighted by atomic mass is 9.98. The molecule has 0 amide bonds. The summed E-state index contributed by atoms with van der Waals surface area (Å²) in [6, 6.07) is 6.42. The molecule has 1 aromatic carbocycles. The molecule has 0 spiro atoms. The lowest BCUT2D eigenvalue weighted by molar-refractivity contribution is 0.297. The van der Waals surface area contributed by atoms with Crippen LogP contribution >= 0.6 is 39.9 Å². The molecule has 1 aliphatic heterocycles. The van der Waals surface area contributed by atoms with Crippen LogP contribution in [0.5, 0.6) is 0 Å². The van der Waals surface area contributed by atoms with E-state index in [1.807, 2.05) is 12.1 Å². The molecule has 2 fully saturated rings. The topological polar surface area (TPSA) is 29.3 Å². The second kappa shape index (κ2) is 6.31. The minimum atomic E-state index is 0. The Balaban J connectivity index is 0.00000133. The Morgan fingerprint density at radius 3 is 2.84 bits per heavy atom. The van der Waals surface area contributed by atoms with E-state index in [0.717, 1.165) is 28.5 Å². The minimum Gasteiger partial charge on any atom is -0.327 e. The van der Waals surface area contributed by atoms with E-state index in [1.165, 1.54) is 24.9 Å². The molecule has 5 heteroatoms. The first-order chi connectivity index (χ1) is 8.63. The Kier molecular flexibility index (Phi) is 5.18. The number of likely N-dealkylation sites (tertiary alicyclic amines) is 1. The van der Waals surface area contributed by atoms with E-state index in [1.54, 1.807) is 0 Å². The molecule has 0 bridgehead atoms. The fourth-order valence-electron chi connectivity index (χ4n) is 3.43. The molecule has 2 N–H and O–H groups in total. The molecule has 0 radical (unpaired) electrons. The summed E-state index contributed by atoms with van der Waals surface area (Å²) in [5.41, 5.74) is 7.45. The van der Waals surface area contributed by atoms with Gasteiger partial charge in [-0.05, 0) is 48.4 Å². The van der Waals surface area contributed by atoms with Crippen molar-refractivity contribution < 1.29 is 0 Å². The van der Waals surface area contributed by atoms with Crippen LogP contribution in [-0.4, -0.2) is 24.0 Å². The van der Waals surface area contributed by atoms with Crippen LogP contribution < -0.4 is 5.73 Å². The highest BCUT2D eigenvalue weighted by molar-refractivity contribution is 9.10. The molecule has 1 heterocycles. The van der Waals surface area contributed by atoms with Crippen LogP contribution in [0.15, 0.2) is 22.7 Å². The van der Waals surface area contributed by atoms with Crippen LogP contribution in [0.2, 0.25) is 5.02 Å². The molecule has 1 saturated carbocycles. The molecule has 2 aliphatic rings. The van der Waals surface area contributed by atoms with E-state index < -0.39 is 0 Å². The van der Waals surface area contributed by atoms with Crippen LogP contribution in [0.3, 0.4) is 0 Å². The van der Waals surface area contributed by atoms with Gasteiger partial charge in [0.2, 0.25) is 0 Å². The molecule has 106 valence electrons. The highest BCUT2D eigenvalue weighted by Crippen LogP contribution is 2.38. The number of hydrogen-bond acceptors (Lipinski definition) is 2. The monoisotopic (exact) mass is 364 g/mol. The Labute approximate surface area is 134 Å². The Bertz CT molecular complexity index is 455. The quantitative estimate of drug-likeness (QED) is 0.865. The van der Waals surface area contributed by atoms with E-state index in [-0.39, 0.29) is 12.4 Å². The maximum absolute atomic E-state index is 6.17. The van der Waals surface area contributed by atoms with Crippen molar-refractivity contribution in [2.45, 2.75) is 25.4 Å². The van der Waals surface area contributed by atoms with Gasteiger partial charge in [-0.25, -0.2) is 0 Å². The Hall–Kier alpha value is 0.200. The third-order valence-electron chi connectivity index (χ3n) is 4.39. The third-order valence-corrected chi connectivity index (χ3v) is 5.40. The smallest absolute Gasteiger partial charge is 0.0410 e. The van der Waals surface area contributed by atoms with Gasteiger partial charge in [0.1, 0.15) is 0 Å². The summed E-state index contributed by atoms with van der Waals surface area (Å²) in [5, 5.41) is 0.810. The average molecular weight is 366 g/mol. The van der Waals surface area contributed by atoms with Gasteiger partial charge in [-0.2, -0.15) is 0 Å². The molecular formula is C14H19BrCl2N2. The van der Waals surface area contributed by atoms with Crippen molar-refractivity contribution >= 4 is 39.9 Å². The summed E-state index contributed by atoms with van der Waals surface area (Å²) in [7, 11) is 0. The zero-order valence-electron chi connectivity index (χ0n) is 10.7. The van der Waals surface area contributed by atoms with Crippen molar-refractivity contribution in [1.82, 2.24) is 4.90 Å². The van der Waals surface area contributed by atoms with Crippen molar-refractivity contribution in [2.24, 2.45) is 17.6 Å². The number of rotatable bonds is 2. The van der Waals surface area contributed by atoms with Crippen molar-refractivity contribution in [1.29, 1.82) is 0 Å². The number of benzene rings is 1. The van der Waals surface area contributed by atoms with E-state index in [4.69, 9.17) is 17.3 Å². The van der Waals surface area contributed by atoms with Crippen LogP contribution in [-0.2, 0) is 6.54 Å². The van der Waals surface area contributed by atoms with E-state index in [2.05, 4.69) is 26.9 Å². The van der Waals surface area contributed by atoms with Gasteiger partial charge in [-0.3, -0.25) is 4.90 Å². The molecular weight excluding hydrogens is 347 g/mol. The number of fused-ring (bicyclic) bond motifs is 1. The van der Waals surface area contributed by atoms with Crippen molar-refractivity contribution in [3.63, 3.8) is 0 Å². The summed E-state index contributed by atoms with van der Waals surface area (Å²) >= 11 is 9.66. The van der Waals surface area contributed by atoms with Gasteiger partial charge in [0.25, 0.3) is 0 Å². The average Bonchev–Trinajstić information content (AvgIpc) is 2.87. The van der Waals surface area contributed by atoms with Gasteiger partial charge in [-0.15, -0.1) is 12.4 Å². The molecule has 3 rings (SSSR count). The molecule has 3 atom stereocenters. The lowest BCUT2D eigenvalue weighted by Gasteiger charge is -2.19. The van der Waals surface area contributed by atoms with Crippen LogP contribution in [0.4, 0.5) is 0 Å². The van der Waals surface area contributed by atoms with Gasteiger partial charge < -0.3 is 5.73 Å². The molecule has 19 heavy (non-hydrogen) atoms. The van der Waals surface area contributed by atoms with Crippen molar-refractivity contribution in [3.8, 4) is 0 Å². The summed E-state index contributed by atoms with van der Waals surface area (Å²) in [6.07, 6.45) is 2.52. The number of hydrogen-bond donors (Lipinski definition) is 1. The first kappa shape index (κ1) is 15.6. The summed E-state index contributed by atoms with van der Waals surface area (Å²) in [5.74, 6) is 1.53. The number of halogens is 3. The summed E-state index contributed by atoms with van der Waals surface area (Å²) in [4.78, 5) is 2.52. The van der Waals surface area contributed by atoms with Gasteiger partial charge in [-0.1, -0.05) is 27.5 Å². The predicted octanol–water partition coefficient (Wildman–Crippen LogP) is 3.69. The molecule has 1 aliphatic carbocycles. The fraction of sp³-hybridized carbons (Fsp3) is 0.571. The lowest BCUT2D eigenvalue weighted by Crippen LogP contribution is -2.30. The van der Waals surface area contributed by atoms with E-state index in [9.17, 15) is 0 Å². The van der Waals surface area contributed by atoms with Crippen LogP contribution in [0.1, 0.15) is 18.4 Å². The second-order valence-electron chi connectivity index (χ2n) is 5.59. The SMILES string of the molecule is Cl.NC1CCC2CN(Cc3cc(Cl)ccc3Br)CC12. The van der Waals surface area contributed by atoms with Crippen LogP contribution in [0, 0.1) is 11.8 Å². The maximum Gasteiger partial charge on any atom is 0.0410 e. The normalized spacial score (nSPS) is 30.2. The molecule has 1 saturated heterocycles. The highest BCUT2D eigenvalue weighted by atomic mass is 79.9. The standard InChI is InChI=1S/C14H18BrClN2.ClH/c15-13-3-2-11(16)5-10(13)7-18-6-9-1-4-14(17)12(9)8-18;/h2-3,5,9,12,14H,1,4,6-8,17H2;1H. The van der Waals surface area contributed by atoms with Crippen LogP contribution in [0.25, 0.3) is 0 Å². The summed E-state index contributed by atoms with van der Waals surface area (Å²) < 4.78 is 1.15. The van der Waals surface area contributed by atoms with Gasteiger partial charge >= 0.3 is 0 Å². The maximum atomic E-state index is 6.17. The largest absolute Gasteiger partial charge is 0.327 e. The Morgan fingerprint density at radius 2 is 2.11 bits per heavy atom. The molecule has 2 nitrogen and oxygen atoms in total. The van der Waals surface area contributed by atoms with Crippen molar-refractivity contribution in [3.05, 3.63) is 33.3 Å². The highest BCUT2D eigenvalue weighted by Gasteiger charge is 2.40. The fourth-order valence-corrected chi connectivity index (χ4v) is 4.00. The first-order valence-corrected chi connectivity index (χ1v) is 7.72. The predicted molar refractivity (Wildman–Crippen MR) is 85.9 cm³/mol. The third kappa shape index (κ3) is 3.27. The van der Waals surface area contributed by atoms with Gasteiger partial charge in [0, 0.05) is 35.2 Å². The summed E-state index contributed by atoms with van der Waals surface area (Å²) in [6.45, 7) is 3.31. The van der Waals surface area contributed by atoms with E-state index >= 15 is 0 Å². The van der Waals surface area contributed by atoms with Gasteiger partial charge in [0.05, 0.1) is 0 Å². The van der Waals surface area contributed by atoms with Gasteiger partial charge in [0.15, 0.2) is 0 Å². The Morgan fingerprint density at radius 1 is 1.32 bits per heavy atom. The minimum absolute atomic E-state index is 0. The molecule has 0 aromatic heterocycles. The number of nitrogens with zero attached hydrogens (tertiary/aromatic N) is 1. The van der Waals surface area contributed by atoms with Crippen molar-refractivity contribution in [2.75, 3.05) is 13.1 Å². The zero-order valence-corrected chi connectivity index (χ0v) is 13.8. The second-order valence-corrected chi connectivity index (χ2v) is 6.89. The first-order valence-electron chi connectivity index (χ1n) is 6.55. The number of nitrogens with two attached hydrogens (primary N) is 1. The molecule has 3 unspecified atom stereocenters. The zero-order chi connectivity index (χ0) is 12.7.